The van der Waals surface area contributed by atoms with Gasteiger partial charge >= 0.3 is 0 Å². The first-order chi connectivity index (χ1) is 7.74. The smallest absolute Gasteiger partial charge is 0.120 e. The molecule has 5 nitrogen and oxygen atoms in total. The van der Waals surface area contributed by atoms with Crippen molar-refractivity contribution in [2.75, 3.05) is 53.2 Å². The van der Waals surface area contributed by atoms with E-state index in [0.29, 0.717) is 31.4 Å². The predicted octanol–water partition coefficient (Wildman–Crippen LogP) is -0.364. The van der Waals surface area contributed by atoms with E-state index in [0.717, 1.165) is 19.6 Å². The second kappa shape index (κ2) is 7.92. The predicted molar refractivity (Wildman–Crippen MR) is 65.7 cm³/mol. The first-order valence-corrected chi connectivity index (χ1v) is 5.85. The molecule has 0 aromatic rings. The third-order valence-corrected chi connectivity index (χ3v) is 2.71. The summed E-state index contributed by atoms with van der Waals surface area (Å²) in [7, 11) is 1.66. The third kappa shape index (κ3) is 5.18. The number of nitrogens with two attached hydrogens (primary N) is 1. The summed E-state index contributed by atoms with van der Waals surface area (Å²) in [5.74, 6) is 0. The van der Waals surface area contributed by atoms with Crippen molar-refractivity contribution in [1.29, 1.82) is 0 Å². The van der Waals surface area contributed by atoms with Crippen LogP contribution in [0.25, 0.3) is 0 Å². The number of methoxy groups -OCH3 is 1. The first-order valence-electron chi connectivity index (χ1n) is 5.44. The lowest BCUT2D eigenvalue weighted by Crippen LogP contribution is -2.48. The molecule has 0 aromatic carbocycles. The van der Waals surface area contributed by atoms with E-state index in [1.807, 2.05) is 0 Å². The molecular formula is C10H20N2O3S. The molecule has 0 amide bonds. The molecule has 0 aromatic heterocycles. The van der Waals surface area contributed by atoms with Crippen LogP contribution in [0.4, 0.5) is 0 Å². The molecule has 1 aliphatic heterocycles. The molecule has 0 radical (unpaired) electrons. The summed E-state index contributed by atoms with van der Waals surface area (Å²) >= 11 is 4.92. The minimum Gasteiger partial charge on any atom is -0.391 e. The van der Waals surface area contributed by atoms with E-state index in [9.17, 15) is 0 Å². The van der Waals surface area contributed by atoms with Gasteiger partial charge in [0.1, 0.15) is 11.1 Å². The van der Waals surface area contributed by atoms with Crippen LogP contribution in [0.15, 0.2) is 0 Å². The van der Waals surface area contributed by atoms with Crippen LogP contribution in [-0.4, -0.2) is 69.2 Å². The van der Waals surface area contributed by atoms with Gasteiger partial charge in [0.25, 0.3) is 0 Å². The van der Waals surface area contributed by atoms with Gasteiger partial charge in [-0.15, -0.1) is 0 Å². The lowest BCUT2D eigenvalue weighted by molar-refractivity contribution is -0.00868. The summed E-state index contributed by atoms with van der Waals surface area (Å²) < 4.78 is 15.7. The van der Waals surface area contributed by atoms with Crippen molar-refractivity contribution >= 4 is 17.2 Å². The maximum absolute atomic E-state index is 5.56. The van der Waals surface area contributed by atoms with Gasteiger partial charge in [-0.2, -0.15) is 0 Å². The highest BCUT2D eigenvalue weighted by atomic mass is 32.1. The van der Waals surface area contributed by atoms with E-state index in [2.05, 4.69) is 4.90 Å². The summed E-state index contributed by atoms with van der Waals surface area (Å²) in [6.45, 7) is 5.22. The van der Waals surface area contributed by atoms with Gasteiger partial charge in [-0.25, -0.2) is 0 Å². The van der Waals surface area contributed by atoms with Crippen LogP contribution in [0.1, 0.15) is 0 Å². The number of nitrogens with zero attached hydrogens (tertiary/aromatic N) is 1. The molecule has 1 fully saturated rings. The largest absolute Gasteiger partial charge is 0.391 e. The minimum atomic E-state index is -0.109. The van der Waals surface area contributed by atoms with Crippen molar-refractivity contribution < 1.29 is 14.2 Å². The molecule has 94 valence electrons. The summed E-state index contributed by atoms with van der Waals surface area (Å²) in [4.78, 5) is 2.69. The summed E-state index contributed by atoms with van der Waals surface area (Å²) in [6.07, 6.45) is -0.109. The van der Waals surface area contributed by atoms with Crippen molar-refractivity contribution in [3.63, 3.8) is 0 Å². The average Bonchev–Trinajstić information content (AvgIpc) is 2.29. The molecule has 0 saturated carbocycles. The van der Waals surface area contributed by atoms with Crippen LogP contribution in [0, 0.1) is 0 Å². The van der Waals surface area contributed by atoms with Crippen LogP contribution < -0.4 is 5.73 Å². The fourth-order valence-corrected chi connectivity index (χ4v) is 1.66. The molecule has 1 saturated heterocycles. The van der Waals surface area contributed by atoms with Crippen LogP contribution in [-0.2, 0) is 14.2 Å². The van der Waals surface area contributed by atoms with E-state index in [-0.39, 0.29) is 6.10 Å². The SMILES string of the molecule is COCCOCCN1CCOC(C(N)=S)C1. The molecular weight excluding hydrogens is 228 g/mol. The summed E-state index contributed by atoms with van der Waals surface area (Å²) in [5.41, 5.74) is 5.56. The highest BCUT2D eigenvalue weighted by Crippen LogP contribution is 2.04. The maximum atomic E-state index is 5.56. The Morgan fingerprint density at radius 3 is 3.00 bits per heavy atom. The zero-order chi connectivity index (χ0) is 11.8. The van der Waals surface area contributed by atoms with Crippen molar-refractivity contribution in [2.24, 2.45) is 5.73 Å². The molecule has 6 heteroatoms. The number of rotatable bonds is 7. The van der Waals surface area contributed by atoms with E-state index in [4.69, 9.17) is 32.2 Å². The number of morpholine rings is 1. The Morgan fingerprint density at radius 2 is 2.31 bits per heavy atom. The van der Waals surface area contributed by atoms with Crippen molar-refractivity contribution in [3.05, 3.63) is 0 Å². The molecule has 16 heavy (non-hydrogen) atoms. The van der Waals surface area contributed by atoms with Gasteiger partial charge < -0.3 is 19.9 Å². The molecule has 1 unspecified atom stereocenters. The average molecular weight is 248 g/mol. The van der Waals surface area contributed by atoms with Gasteiger partial charge in [0.2, 0.25) is 0 Å². The van der Waals surface area contributed by atoms with Crippen LogP contribution >= 0.6 is 12.2 Å². The Labute approximate surface area is 102 Å². The fourth-order valence-electron chi connectivity index (χ4n) is 1.52. The molecule has 1 heterocycles. The Kier molecular flexibility index (Phi) is 6.82. The number of hydrogen-bond donors (Lipinski definition) is 1. The number of thiocarbonyl (C=S) groups is 1. The zero-order valence-electron chi connectivity index (χ0n) is 9.68. The first kappa shape index (κ1) is 13.8. The third-order valence-electron chi connectivity index (χ3n) is 2.45. The molecule has 0 bridgehead atoms. The van der Waals surface area contributed by atoms with Gasteiger partial charge in [0.05, 0.1) is 26.4 Å². The van der Waals surface area contributed by atoms with Crippen molar-refractivity contribution in [2.45, 2.75) is 6.10 Å². The molecule has 1 atom stereocenters. The van der Waals surface area contributed by atoms with Gasteiger partial charge in [-0.3, -0.25) is 4.90 Å². The Balaban J connectivity index is 2.10. The highest BCUT2D eigenvalue weighted by molar-refractivity contribution is 7.80. The Bertz CT molecular complexity index is 216. The Morgan fingerprint density at radius 1 is 1.50 bits per heavy atom. The molecule has 1 aliphatic rings. The monoisotopic (exact) mass is 248 g/mol. The Hall–Kier alpha value is -0.270. The molecule has 0 spiro atoms. The second-order valence-corrected chi connectivity index (χ2v) is 4.14. The molecule has 0 aliphatic carbocycles. The lowest BCUT2D eigenvalue weighted by Gasteiger charge is -2.32. The lowest BCUT2D eigenvalue weighted by atomic mass is 10.3. The topological polar surface area (TPSA) is 57.0 Å². The van der Waals surface area contributed by atoms with Crippen molar-refractivity contribution in [1.82, 2.24) is 4.90 Å². The van der Waals surface area contributed by atoms with Crippen LogP contribution in [0.2, 0.25) is 0 Å². The summed E-state index contributed by atoms with van der Waals surface area (Å²) in [6, 6.07) is 0. The quantitative estimate of drug-likeness (QED) is 0.490. The van der Waals surface area contributed by atoms with Crippen LogP contribution in [0.3, 0.4) is 0 Å². The number of hydrogen-bond acceptors (Lipinski definition) is 5. The maximum Gasteiger partial charge on any atom is 0.120 e. The molecule has 1 rings (SSSR count). The normalized spacial score (nSPS) is 22.2. The van der Waals surface area contributed by atoms with Gasteiger partial charge in [0, 0.05) is 26.7 Å². The van der Waals surface area contributed by atoms with Crippen LogP contribution in [0.5, 0.6) is 0 Å². The van der Waals surface area contributed by atoms with Gasteiger partial charge in [-0.1, -0.05) is 12.2 Å². The van der Waals surface area contributed by atoms with E-state index < -0.39 is 0 Å². The molecule has 2 N–H and O–H groups in total. The zero-order valence-corrected chi connectivity index (χ0v) is 10.5. The van der Waals surface area contributed by atoms with E-state index in [1.54, 1.807) is 7.11 Å². The standard InChI is InChI=1S/C10H20N2O3S/c1-13-6-7-14-4-2-12-3-5-15-9(8-12)10(11)16/h9H,2-8H2,1H3,(H2,11,16). The van der Waals surface area contributed by atoms with E-state index in [1.165, 1.54) is 0 Å². The van der Waals surface area contributed by atoms with Crippen molar-refractivity contribution in [3.8, 4) is 0 Å². The van der Waals surface area contributed by atoms with Gasteiger partial charge in [0.15, 0.2) is 0 Å². The fraction of sp³-hybridized carbons (Fsp3) is 0.900. The minimum absolute atomic E-state index is 0.109. The highest BCUT2D eigenvalue weighted by Gasteiger charge is 2.21. The van der Waals surface area contributed by atoms with E-state index >= 15 is 0 Å². The summed E-state index contributed by atoms with van der Waals surface area (Å²) in [5, 5.41) is 0. The number of ether oxygens (including phenoxy) is 3. The second-order valence-electron chi connectivity index (χ2n) is 3.67. The van der Waals surface area contributed by atoms with Gasteiger partial charge in [-0.05, 0) is 0 Å².